The van der Waals surface area contributed by atoms with Gasteiger partial charge in [0, 0.05) is 32.0 Å². The summed E-state index contributed by atoms with van der Waals surface area (Å²) in [6, 6.07) is 15.7. The smallest absolute Gasteiger partial charge is 0.161 e. The summed E-state index contributed by atoms with van der Waals surface area (Å²) in [7, 11) is 1.64. The van der Waals surface area contributed by atoms with E-state index in [-0.39, 0.29) is 13.2 Å². The molecule has 1 N–H and O–H groups in total. The van der Waals surface area contributed by atoms with Gasteiger partial charge in [-0.25, -0.2) is 0 Å². The Balaban J connectivity index is 1.35. The molecule has 3 aromatic rings. The Morgan fingerprint density at radius 2 is 2.03 bits per heavy atom. The summed E-state index contributed by atoms with van der Waals surface area (Å²) in [4.78, 5) is 2.18. The van der Waals surface area contributed by atoms with Gasteiger partial charge in [0.1, 0.15) is 24.6 Å². The number of ether oxygens (including phenoxy) is 4. The molecule has 0 saturated carbocycles. The number of benzene rings is 2. The fourth-order valence-electron chi connectivity index (χ4n) is 4.01. The lowest BCUT2D eigenvalue weighted by atomic mass is 10.1. The topological polar surface area (TPSA) is 78.2 Å². The van der Waals surface area contributed by atoms with Gasteiger partial charge in [0.2, 0.25) is 0 Å². The van der Waals surface area contributed by atoms with Gasteiger partial charge in [-0.05, 0) is 48.4 Å². The van der Waals surface area contributed by atoms with E-state index in [2.05, 4.69) is 10.00 Å². The SMILES string of the molecule is COc1cc(CN2CCOCC(O)(COc3cccc(C)c3)C2)ccc1OCCn1cccn1. The molecule has 1 aromatic heterocycles. The van der Waals surface area contributed by atoms with Crippen molar-refractivity contribution in [2.24, 2.45) is 0 Å². The van der Waals surface area contributed by atoms with Crippen LogP contribution in [0.2, 0.25) is 0 Å². The summed E-state index contributed by atoms with van der Waals surface area (Å²) in [6.07, 6.45) is 3.65. The summed E-state index contributed by atoms with van der Waals surface area (Å²) >= 11 is 0. The molecule has 0 bridgehead atoms. The van der Waals surface area contributed by atoms with Crippen molar-refractivity contribution in [3.8, 4) is 17.2 Å². The first-order chi connectivity index (χ1) is 16.5. The summed E-state index contributed by atoms with van der Waals surface area (Å²) < 4.78 is 24.9. The maximum Gasteiger partial charge on any atom is 0.161 e. The molecule has 8 nitrogen and oxygen atoms in total. The zero-order chi connectivity index (χ0) is 23.8. The van der Waals surface area contributed by atoms with Gasteiger partial charge in [0.15, 0.2) is 11.5 Å². The molecule has 0 amide bonds. The summed E-state index contributed by atoms with van der Waals surface area (Å²) in [6.45, 7) is 5.95. The fraction of sp³-hybridized carbons (Fsp3) is 0.423. The molecule has 1 atom stereocenters. The van der Waals surface area contributed by atoms with Crippen LogP contribution in [0.1, 0.15) is 11.1 Å². The zero-order valence-electron chi connectivity index (χ0n) is 19.9. The average molecular weight is 468 g/mol. The third-order valence-electron chi connectivity index (χ3n) is 5.71. The second-order valence-electron chi connectivity index (χ2n) is 8.70. The van der Waals surface area contributed by atoms with Crippen LogP contribution >= 0.6 is 0 Å². The highest BCUT2D eigenvalue weighted by atomic mass is 16.5. The molecule has 182 valence electrons. The average Bonchev–Trinajstić information content (AvgIpc) is 3.28. The Morgan fingerprint density at radius 1 is 1.12 bits per heavy atom. The molecule has 0 aliphatic carbocycles. The van der Waals surface area contributed by atoms with Gasteiger partial charge in [0.25, 0.3) is 0 Å². The molecule has 1 aliphatic heterocycles. The Bertz CT molecular complexity index is 1040. The molecule has 2 heterocycles. The highest BCUT2D eigenvalue weighted by Crippen LogP contribution is 2.29. The number of hydrogen-bond donors (Lipinski definition) is 1. The van der Waals surface area contributed by atoms with E-state index in [0.29, 0.717) is 44.3 Å². The molecule has 34 heavy (non-hydrogen) atoms. The van der Waals surface area contributed by atoms with Gasteiger partial charge in [-0.2, -0.15) is 5.10 Å². The van der Waals surface area contributed by atoms with Crippen molar-refractivity contribution in [2.45, 2.75) is 25.6 Å². The van der Waals surface area contributed by atoms with E-state index in [4.69, 9.17) is 18.9 Å². The van der Waals surface area contributed by atoms with Gasteiger partial charge in [0.05, 0.1) is 26.9 Å². The van der Waals surface area contributed by atoms with Crippen molar-refractivity contribution in [3.05, 3.63) is 72.1 Å². The largest absolute Gasteiger partial charge is 0.493 e. The third-order valence-corrected chi connectivity index (χ3v) is 5.71. The molecule has 1 fully saturated rings. The van der Waals surface area contributed by atoms with E-state index < -0.39 is 5.60 Å². The molecule has 0 spiro atoms. The number of aliphatic hydroxyl groups is 1. The number of hydrogen-bond acceptors (Lipinski definition) is 7. The first kappa shape index (κ1) is 24.1. The van der Waals surface area contributed by atoms with Crippen LogP contribution in [0.4, 0.5) is 0 Å². The monoisotopic (exact) mass is 467 g/mol. The molecule has 1 saturated heterocycles. The van der Waals surface area contributed by atoms with Crippen molar-refractivity contribution in [2.75, 3.05) is 46.6 Å². The maximum atomic E-state index is 11.2. The lowest BCUT2D eigenvalue weighted by Crippen LogP contribution is -2.48. The van der Waals surface area contributed by atoms with Crippen LogP contribution in [0, 0.1) is 6.92 Å². The molecule has 2 aromatic carbocycles. The van der Waals surface area contributed by atoms with Crippen LogP contribution in [-0.4, -0.2) is 72.0 Å². The third kappa shape index (κ3) is 6.72. The van der Waals surface area contributed by atoms with E-state index in [1.54, 1.807) is 13.3 Å². The highest BCUT2D eigenvalue weighted by molar-refractivity contribution is 5.43. The number of β-amino-alcohol motifs (C(OH)–C–C–N with tert-alkyl or cyclic N) is 1. The fourth-order valence-corrected chi connectivity index (χ4v) is 4.01. The highest BCUT2D eigenvalue weighted by Gasteiger charge is 2.33. The lowest BCUT2D eigenvalue weighted by molar-refractivity contribution is -0.0646. The lowest BCUT2D eigenvalue weighted by Gasteiger charge is -2.30. The first-order valence-electron chi connectivity index (χ1n) is 11.5. The molecule has 1 aliphatic rings. The van der Waals surface area contributed by atoms with E-state index in [1.807, 2.05) is 66.3 Å². The summed E-state index contributed by atoms with van der Waals surface area (Å²) in [5.74, 6) is 2.12. The van der Waals surface area contributed by atoms with Gasteiger partial charge in [-0.15, -0.1) is 0 Å². The molecule has 0 radical (unpaired) electrons. The minimum Gasteiger partial charge on any atom is -0.493 e. The molecule has 8 heteroatoms. The second-order valence-corrected chi connectivity index (χ2v) is 8.70. The van der Waals surface area contributed by atoms with Crippen molar-refractivity contribution < 1.29 is 24.1 Å². The summed E-state index contributed by atoms with van der Waals surface area (Å²) in [5, 5.41) is 15.4. The number of rotatable bonds is 10. The number of methoxy groups -OCH3 is 1. The number of aromatic nitrogens is 2. The van der Waals surface area contributed by atoms with Crippen molar-refractivity contribution in [1.29, 1.82) is 0 Å². The number of nitrogens with zero attached hydrogens (tertiary/aromatic N) is 3. The normalized spacial score (nSPS) is 18.9. The Hall–Kier alpha value is -3.07. The Kier molecular flexibility index (Phi) is 8.05. The Labute approximate surface area is 200 Å². The minimum atomic E-state index is -1.10. The van der Waals surface area contributed by atoms with Crippen molar-refractivity contribution in [1.82, 2.24) is 14.7 Å². The van der Waals surface area contributed by atoms with E-state index in [9.17, 15) is 5.11 Å². The van der Waals surface area contributed by atoms with Crippen LogP contribution in [0.5, 0.6) is 17.2 Å². The summed E-state index contributed by atoms with van der Waals surface area (Å²) in [5.41, 5.74) is 1.09. The van der Waals surface area contributed by atoms with Gasteiger partial charge in [-0.3, -0.25) is 9.58 Å². The van der Waals surface area contributed by atoms with E-state index >= 15 is 0 Å². The van der Waals surface area contributed by atoms with Crippen LogP contribution in [-0.2, 0) is 17.8 Å². The van der Waals surface area contributed by atoms with Gasteiger partial charge < -0.3 is 24.1 Å². The number of aryl methyl sites for hydroxylation is 1. The zero-order valence-corrected chi connectivity index (χ0v) is 19.9. The van der Waals surface area contributed by atoms with Crippen LogP contribution in [0.3, 0.4) is 0 Å². The van der Waals surface area contributed by atoms with Crippen LogP contribution < -0.4 is 14.2 Å². The van der Waals surface area contributed by atoms with E-state index in [0.717, 1.165) is 23.4 Å². The van der Waals surface area contributed by atoms with Gasteiger partial charge >= 0.3 is 0 Å². The predicted molar refractivity (Wildman–Crippen MR) is 128 cm³/mol. The first-order valence-corrected chi connectivity index (χ1v) is 11.5. The maximum absolute atomic E-state index is 11.2. The van der Waals surface area contributed by atoms with Gasteiger partial charge in [-0.1, -0.05) is 18.2 Å². The molecular weight excluding hydrogens is 434 g/mol. The van der Waals surface area contributed by atoms with Crippen molar-refractivity contribution in [3.63, 3.8) is 0 Å². The molecular formula is C26H33N3O5. The minimum absolute atomic E-state index is 0.166. The molecule has 4 rings (SSSR count). The van der Waals surface area contributed by atoms with E-state index in [1.165, 1.54) is 0 Å². The Morgan fingerprint density at radius 3 is 2.82 bits per heavy atom. The standard InChI is InChI=1S/C26H33N3O5/c1-21-5-3-6-23(15-21)34-20-26(30)18-28(11-13-32-19-26)17-22-7-8-24(25(16-22)31-2)33-14-12-29-10-4-9-27-29/h3-10,15-16,30H,11-14,17-20H2,1-2H3. The van der Waals surface area contributed by atoms with Crippen LogP contribution in [0.25, 0.3) is 0 Å². The molecule has 1 unspecified atom stereocenters. The van der Waals surface area contributed by atoms with Crippen LogP contribution in [0.15, 0.2) is 60.9 Å². The second kappa shape index (κ2) is 11.4. The van der Waals surface area contributed by atoms with Crippen molar-refractivity contribution >= 4 is 0 Å². The quantitative estimate of drug-likeness (QED) is 0.491. The predicted octanol–water partition coefficient (Wildman–Crippen LogP) is 2.92.